The van der Waals surface area contributed by atoms with Crippen molar-refractivity contribution in [2.75, 3.05) is 18.4 Å². The Morgan fingerprint density at radius 2 is 1.81 bits per heavy atom. The molecule has 1 heterocycles. The van der Waals surface area contributed by atoms with Crippen LogP contribution in [0.1, 0.15) is 40.9 Å². The molecule has 3 rings (SSSR count). The van der Waals surface area contributed by atoms with Gasteiger partial charge >= 0.3 is 0 Å². The second-order valence-corrected chi connectivity index (χ2v) is 7.40. The van der Waals surface area contributed by atoms with Crippen molar-refractivity contribution in [2.24, 2.45) is 0 Å². The minimum Gasteiger partial charge on any atom is -0.380 e. The molecule has 146 valence electrons. The molecular formula is C21H27Cl2N3O. The summed E-state index contributed by atoms with van der Waals surface area (Å²) in [5, 5.41) is 10.6. The van der Waals surface area contributed by atoms with E-state index >= 15 is 0 Å². The van der Waals surface area contributed by atoms with Crippen LogP contribution in [0, 0.1) is 0 Å². The quantitative estimate of drug-likeness (QED) is 0.695. The van der Waals surface area contributed by atoms with Crippen molar-refractivity contribution in [3.05, 3.63) is 63.7 Å². The van der Waals surface area contributed by atoms with E-state index in [0.717, 1.165) is 42.2 Å². The molecule has 0 saturated heterocycles. The molecular weight excluding hydrogens is 381 g/mol. The van der Waals surface area contributed by atoms with Gasteiger partial charge in [0.15, 0.2) is 0 Å². The lowest BCUT2D eigenvalue weighted by molar-refractivity contribution is 0.0943. The number of hydrogen-bond acceptors (Lipinski definition) is 3. The number of benzene rings is 2. The predicted molar refractivity (Wildman–Crippen MR) is 115 cm³/mol. The van der Waals surface area contributed by atoms with E-state index in [1.807, 2.05) is 44.2 Å². The molecule has 0 radical (unpaired) electrons. The molecule has 2 aromatic carbocycles. The topological polar surface area (TPSA) is 53.2 Å². The van der Waals surface area contributed by atoms with Crippen LogP contribution in [-0.2, 0) is 19.4 Å². The molecule has 27 heavy (non-hydrogen) atoms. The van der Waals surface area contributed by atoms with E-state index in [9.17, 15) is 4.79 Å². The number of amides is 1. The number of rotatable bonds is 5. The van der Waals surface area contributed by atoms with Gasteiger partial charge in [0.05, 0.1) is 10.7 Å². The van der Waals surface area contributed by atoms with Crippen LogP contribution in [-0.4, -0.2) is 25.0 Å². The zero-order valence-electron chi connectivity index (χ0n) is 15.8. The molecule has 0 aromatic heterocycles. The average Bonchev–Trinajstić information content (AvgIpc) is 2.86. The highest BCUT2D eigenvalue weighted by Crippen LogP contribution is 2.31. The number of nitrogens with one attached hydrogen (secondary N) is 3. The predicted octanol–water partition coefficient (Wildman–Crippen LogP) is 4.20. The number of carbonyl (C=O) groups is 1. The molecule has 1 aliphatic heterocycles. The largest absolute Gasteiger partial charge is 0.380 e. The zero-order chi connectivity index (χ0) is 18.5. The lowest BCUT2D eigenvalue weighted by atomic mass is 10.0. The minimum absolute atomic E-state index is 0. The summed E-state index contributed by atoms with van der Waals surface area (Å²) in [5.74, 6) is -0.0385. The van der Waals surface area contributed by atoms with Crippen molar-refractivity contribution in [1.82, 2.24) is 10.6 Å². The van der Waals surface area contributed by atoms with Crippen LogP contribution in [0.15, 0.2) is 36.4 Å². The Morgan fingerprint density at radius 1 is 1.11 bits per heavy atom. The summed E-state index contributed by atoms with van der Waals surface area (Å²) in [6.07, 6.45) is 2.01. The van der Waals surface area contributed by atoms with Gasteiger partial charge in [0, 0.05) is 18.2 Å². The molecule has 0 fully saturated rings. The van der Waals surface area contributed by atoms with Crippen LogP contribution in [0.25, 0.3) is 0 Å². The second-order valence-electron chi connectivity index (χ2n) is 6.99. The van der Waals surface area contributed by atoms with Gasteiger partial charge in [-0.3, -0.25) is 4.79 Å². The molecule has 1 aliphatic rings. The first-order valence-electron chi connectivity index (χ1n) is 9.19. The van der Waals surface area contributed by atoms with Crippen LogP contribution in [0.5, 0.6) is 0 Å². The standard InChI is InChI=1S/C21H26ClN3O.ClH/c1-14(2)25-21(26)17-5-3-15(4-6-17)13-24-20-18-10-12-23-11-9-16(18)7-8-19(20)22;/h3-8,14,23-24H,9-13H2,1-2H3,(H,25,26);1H. The first-order valence-corrected chi connectivity index (χ1v) is 9.57. The van der Waals surface area contributed by atoms with Gasteiger partial charge in [-0.25, -0.2) is 0 Å². The van der Waals surface area contributed by atoms with Gasteiger partial charge in [0.25, 0.3) is 5.91 Å². The maximum atomic E-state index is 12.0. The Labute approximate surface area is 172 Å². The maximum Gasteiger partial charge on any atom is 0.251 e. The van der Waals surface area contributed by atoms with E-state index in [2.05, 4.69) is 22.0 Å². The summed E-state index contributed by atoms with van der Waals surface area (Å²) >= 11 is 6.46. The van der Waals surface area contributed by atoms with Crippen LogP contribution < -0.4 is 16.0 Å². The van der Waals surface area contributed by atoms with Gasteiger partial charge in [-0.1, -0.05) is 29.8 Å². The Morgan fingerprint density at radius 3 is 2.52 bits per heavy atom. The number of carbonyl (C=O) groups excluding carboxylic acids is 1. The number of fused-ring (bicyclic) bond motifs is 1. The normalized spacial score (nSPS) is 13.3. The summed E-state index contributed by atoms with van der Waals surface area (Å²) in [6.45, 7) is 6.57. The second kappa shape index (κ2) is 9.98. The number of anilines is 1. The number of hydrogen-bond donors (Lipinski definition) is 3. The molecule has 0 aliphatic carbocycles. The molecule has 0 bridgehead atoms. The van der Waals surface area contributed by atoms with Gasteiger partial charge < -0.3 is 16.0 Å². The van der Waals surface area contributed by atoms with Gasteiger partial charge in [0.2, 0.25) is 0 Å². The Hall–Kier alpha value is -1.75. The van der Waals surface area contributed by atoms with Crippen LogP contribution >= 0.6 is 24.0 Å². The molecule has 0 spiro atoms. The van der Waals surface area contributed by atoms with E-state index < -0.39 is 0 Å². The van der Waals surface area contributed by atoms with Crippen molar-refractivity contribution in [3.8, 4) is 0 Å². The van der Waals surface area contributed by atoms with Crippen molar-refractivity contribution in [3.63, 3.8) is 0 Å². The van der Waals surface area contributed by atoms with Gasteiger partial charge in [-0.15, -0.1) is 12.4 Å². The summed E-state index contributed by atoms with van der Waals surface area (Å²) in [6, 6.07) is 12.0. The SMILES string of the molecule is CC(C)NC(=O)c1ccc(CNc2c(Cl)ccc3c2CCNCC3)cc1.Cl. The molecule has 4 nitrogen and oxygen atoms in total. The highest BCUT2D eigenvalue weighted by Gasteiger charge is 2.14. The van der Waals surface area contributed by atoms with Gasteiger partial charge in [0.1, 0.15) is 0 Å². The molecule has 6 heteroatoms. The highest BCUT2D eigenvalue weighted by atomic mass is 35.5. The monoisotopic (exact) mass is 407 g/mol. The Bertz CT molecular complexity index is 776. The fraction of sp³-hybridized carbons (Fsp3) is 0.381. The Kier molecular flexibility index (Phi) is 7.96. The molecule has 0 saturated carbocycles. The average molecular weight is 408 g/mol. The molecule has 0 unspecified atom stereocenters. The van der Waals surface area contributed by atoms with Crippen LogP contribution in [0.4, 0.5) is 5.69 Å². The first-order chi connectivity index (χ1) is 12.5. The fourth-order valence-corrected chi connectivity index (χ4v) is 3.49. The van der Waals surface area contributed by atoms with E-state index in [0.29, 0.717) is 12.1 Å². The Balaban J connectivity index is 0.00000261. The molecule has 3 N–H and O–H groups in total. The summed E-state index contributed by atoms with van der Waals surface area (Å²) in [7, 11) is 0. The van der Waals surface area contributed by atoms with E-state index in [1.165, 1.54) is 11.1 Å². The van der Waals surface area contributed by atoms with Crippen molar-refractivity contribution in [2.45, 2.75) is 39.3 Å². The van der Waals surface area contributed by atoms with Gasteiger partial charge in [-0.2, -0.15) is 0 Å². The molecule has 0 atom stereocenters. The van der Waals surface area contributed by atoms with Crippen molar-refractivity contribution < 1.29 is 4.79 Å². The third-order valence-electron chi connectivity index (χ3n) is 4.59. The maximum absolute atomic E-state index is 12.0. The third-order valence-corrected chi connectivity index (χ3v) is 4.90. The van der Waals surface area contributed by atoms with Crippen LogP contribution in [0.2, 0.25) is 5.02 Å². The first kappa shape index (κ1) is 21.5. The smallest absolute Gasteiger partial charge is 0.251 e. The van der Waals surface area contributed by atoms with E-state index in [1.54, 1.807) is 0 Å². The fourth-order valence-electron chi connectivity index (χ4n) is 3.24. The zero-order valence-corrected chi connectivity index (χ0v) is 17.3. The molecule has 1 amide bonds. The van der Waals surface area contributed by atoms with Crippen molar-refractivity contribution >= 4 is 35.6 Å². The van der Waals surface area contributed by atoms with E-state index in [4.69, 9.17) is 11.6 Å². The minimum atomic E-state index is -0.0385. The summed E-state index contributed by atoms with van der Waals surface area (Å²) < 4.78 is 0. The van der Waals surface area contributed by atoms with Crippen molar-refractivity contribution in [1.29, 1.82) is 0 Å². The summed E-state index contributed by atoms with van der Waals surface area (Å²) in [4.78, 5) is 12.0. The van der Waals surface area contributed by atoms with E-state index in [-0.39, 0.29) is 24.4 Å². The lowest BCUT2D eigenvalue weighted by Gasteiger charge is -2.16. The van der Waals surface area contributed by atoms with Crippen LogP contribution in [0.3, 0.4) is 0 Å². The number of halogens is 2. The molecule has 2 aromatic rings. The lowest BCUT2D eigenvalue weighted by Crippen LogP contribution is -2.30. The summed E-state index contributed by atoms with van der Waals surface area (Å²) in [5.41, 5.74) is 5.51. The van der Waals surface area contributed by atoms with Gasteiger partial charge in [-0.05, 0) is 74.7 Å². The third kappa shape index (κ3) is 5.61. The highest BCUT2D eigenvalue weighted by molar-refractivity contribution is 6.33.